The second kappa shape index (κ2) is 10.8. The average molecular weight is 434 g/mol. The first-order valence-electron chi connectivity index (χ1n) is 9.32. The number of carbonyl (C=O) groups excluding carboxylic acids is 3. The number of hydrogen-bond donors (Lipinski definition) is 0. The summed E-state index contributed by atoms with van der Waals surface area (Å²) in [4.78, 5) is 50.7. The zero-order valence-electron chi connectivity index (χ0n) is 17.1. The van der Waals surface area contributed by atoms with Crippen molar-refractivity contribution in [3.8, 4) is 11.5 Å². The summed E-state index contributed by atoms with van der Waals surface area (Å²) in [5.74, 6) is -1.05. The molecule has 1 aromatic rings. The smallest absolute Gasteiger partial charge is 0.486 e. The minimum atomic E-state index is -1.35. The fourth-order valence-corrected chi connectivity index (χ4v) is 2.62. The molecule has 1 aliphatic rings. The van der Waals surface area contributed by atoms with E-state index < -0.39 is 29.0 Å². The van der Waals surface area contributed by atoms with Crippen LogP contribution in [0.25, 0.3) is 0 Å². The summed E-state index contributed by atoms with van der Waals surface area (Å²) in [5, 5.41) is 11.9. The molecule has 0 aliphatic carbocycles. The van der Waals surface area contributed by atoms with E-state index >= 15 is 0 Å². The lowest BCUT2D eigenvalue weighted by Gasteiger charge is -2.18. The molecule has 11 heteroatoms. The van der Waals surface area contributed by atoms with E-state index in [-0.39, 0.29) is 48.8 Å². The summed E-state index contributed by atoms with van der Waals surface area (Å²) < 4.78 is 16.1. The standard InChI is InChI=1S/C20H22N2O9/c1-4-6-10-29-17-12-15(22(26)27)14(11-16(17)28-9-5-2)13(3)30-20(25)31-21-18(23)7-8-19(21)24/h4-6,11-13H,2,7-10H2,1,3H3. The quantitative estimate of drug-likeness (QED) is 0.178. The van der Waals surface area contributed by atoms with Crippen LogP contribution in [-0.2, 0) is 19.2 Å². The highest BCUT2D eigenvalue weighted by molar-refractivity contribution is 6.01. The summed E-state index contributed by atoms with van der Waals surface area (Å²) in [6.07, 6.45) is 2.27. The van der Waals surface area contributed by atoms with E-state index in [1.54, 1.807) is 19.1 Å². The SMILES string of the molecule is C=CCOc1cc(C(C)OC(=O)ON2C(=O)CCC2=O)c([N+](=O)[O-])cc1OCC=CC. The molecule has 1 atom stereocenters. The lowest BCUT2D eigenvalue weighted by molar-refractivity contribution is -0.386. The molecule has 31 heavy (non-hydrogen) atoms. The molecule has 0 spiro atoms. The summed E-state index contributed by atoms with van der Waals surface area (Å²) in [6.45, 7) is 6.99. The van der Waals surface area contributed by atoms with Gasteiger partial charge in [0.05, 0.1) is 16.6 Å². The van der Waals surface area contributed by atoms with Crippen LogP contribution in [0.3, 0.4) is 0 Å². The van der Waals surface area contributed by atoms with Gasteiger partial charge in [-0.2, -0.15) is 0 Å². The number of imide groups is 1. The normalized spacial score (nSPS) is 14.5. The van der Waals surface area contributed by atoms with Crippen molar-refractivity contribution in [2.75, 3.05) is 13.2 Å². The second-order valence-electron chi connectivity index (χ2n) is 6.28. The first-order chi connectivity index (χ1) is 14.8. The Kier molecular flexibility index (Phi) is 8.12. The van der Waals surface area contributed by atoms with Crippen molar-refractivity contribution in [3.05, 3.63) is 52.6 Å². The van der Waals surface area contributed by atoms with Gasteiger partial charge in [0.15, 0.2) is 11.5 Å². The average Bonchev–Trinajstić information content (AvgIpc) is 3.04. The minimum Gasteiger partial charge on any atom is -0.486 e. The predicted molar refractivity (Wildman–Crippen MR) is 106 cm³/mol. The Morgan fingerprint density at radius 3 is 2.42 bits per heavy atom. The first kappa shape index (κ1) is 23.4. The largest absolute Gasteiger partial charge is 0.534 e. The van der Waals surface area contributed by atoms with Crippen LogP contribution in [0.15, 0.2) is 36.9 Å². The molecule has 1 fully saturated rings. The Morgan fingerprint density at radius 1 is 1.23 bits per heavy atom. The van der Waals surface area contributed by atoms with Gasteiger partial charge in [0.1, 0.15) is 19.3 Å². The zero-order valence-corrected chi connectivity index (χ0v) is 17.1. The maximum absolute atomic E-state index is 12.0. The van der Waals surface area contributed by atoms with Gasteiger partial charge < -0.3 is 14.2 Å². The third-order valence-corrected chi connectivity index (χ3v) is 4.10. The Bertz CT molecular complexity index is 894. The molecule has 0 N–H and O–H groups in total. The van der Waals surface area contributed by atoms with Crippen LogP contribution in [-0.4, -0.2) is 41.2 Å². The van der Waals surface area contributed by atoms with Crippen molar-refractivity contribution in [1.82, 2.24) is 5.06 Å². The molecule has 1 aromatic carbocycles. The molecule has 1 aliphatic heterocycles. The third kappa shape index (κ3) is 6.04. The molecule has 0 radical (unpaired) electrons. The maximum atomic E-state index is 12.0. The number of hydrogen-bond acceptors (Lipinski definition) is 9. The van der Waals surface area contributed by atoms with E-state index in [9.17, 15) is 24.5 Å². The number of nitrogens with zero attached hydrogens (tertiary/aromatic N) is 2. The van der Waals surface area contributed by atoms with Gasteiger partial charge in [0.25, 0.3) is 17.5 Å². The van der Waals surface area contributed by atoms with E-state index in [2.05, 4.69) is 11.4 Å². The van der Waals surface area contributed by atoms with Gasteiger partial charge in [-0.1, -0.05) is 29.9 Å². The van der Waals surface area contributed by atoms with E-state index in [4.69, 9.17) is 14.2 Å². The van der Waals surface area contributed by atoms with Crippen molar-refractivity contribution in [3.63, 3.8) is 0 Å². The maximum Gasteiger partial charge on any atom is 0.534 e. The topological polar surface area (TPSA) is 135 Å². The van der Waals surface area contributed by atoms with Gasteiger partial charge in [0.2, 0.25) is 0 Å². The Hall–Kier alpha value is -3.89. The summed E-state index contributed by atoms with van der Waals surface area (Å²) in [7, 11) is 0. The van der Waals surface area contributed by atoms with E-state index in [0.29, 0.717) is 5.06 Å². The summed E-state index contributed by atoms with van der Waals surface area (Å²) in [5.41, 5.74) is -0.381. The molecule has 11 nitrogen and oxygen atoms in total. The Morgan fingerprint density at radius 2 is 1.84 bits per heavy atom. The second-order valence-corrected chi connectivity index (χ2v) is 6.28. The van der Waals surface area contributed by atoms with Crippen molar-refractivity contribution in [2.45, 2.75) is 32.8 Å². The van der Waals surface area contributed by atoms with Crippen molar-refractivity contribution < 1.29 is 38.4 Å². The molecule has 2 rings (SSSR count). The minimum absolute atomic E-state index is 0.00142. The lowest BCUT2D eigenvalue weighted by Crippen LogP contribution is -2.32. The molecule has 1 heterocycles. The summed E-state index contributed by atoms with van der Waals surface area (Å²) >= 11 is 0. The molecule has 1 unspecified atom stereocenters. The van der Waals surface area contributed by atoms with Crippen molar-refractivity contribution >= 4 is 23.7 Å². The predicted octanol–water partition coefficient (Wildman–Crippen LogP) is 3.39. The molecule has 0 saturated carbocycles. The number of nitro groups is 1. The number of benzene rings is 1. The van der Waals surface area contributed by atoms with Crippen LogP contribution in [0.2, 0.25) is 0 Å². The monoisotopic (exact) mass is 434 g/mol. The van der Waals surface area contributed by atoms with Gasteiger partial charge in [-0.05, 0) is 19.9 Å². The van der Waals surface area contributed by atoms with Crippen LogP contribution < -0.4 is 9.47 Å². The molecular weight excluding hydrogens is 412 g/mol. The fraction of sp³-hybridized carbons (Fsp3) is 0.350. The fourth-order valence-electron chi connectivity index (χ4n) is 2.62. The highest BCUT2D eigenvalue weighted by atomic mass is 16.8. The van der Waals surface area contributed by atoms with Crippen LogP contribution in [0.5, 0.6) is 11.5 Å². The van der Waals surface area contributed by atoms with Crippen molar-refractivity contribution in [1.29, 1.82) is 0 Å². The number of allylic oxidation sites excluding steroid dienone is 1. The number of rotatable bonds is 10. The van der Waals surface area contributed by atoms with Crippen LogP contribution >= 0.6 is 0 Å². The number of nitro benzene ring substituents is 1. The zero-order chi connectivity index (χ0) is 23.0. The highest BCUT2D eigenvalue weighted by Crippen LogP contribution is 2.39. The molecule has 0 bridgehead atoms. The molecule has 0 aromatic heterocycles. The van der Waals surface area contributed by atoms with E-state index in [1.165, 1.54) is 19.1 Å². The number of hydroxylamine groups is 2. The lowest BCUT2D eigenvalue weighted by atomic mass is 10.1. The number of carbonyl (C=O) groups is 3. The first-order valence-corrected chi connectivity index (χ1v) is 9.32. The Balaban J connectivity index is 2.27. The van der Waals surface area contributed by atoms with Gasteiger partial charge in [-0.3, -0.25) is 24.5 Å². The molecule has 166 valence electrons. The van der Waals surface area contributed by atoms with Gasteiger partial charge >= 0.3 is 6.16 Å². The van der Waals surface area contributed by atoms with Gasteiger partial charge in [-0.25, -0.2) is 4.79 Å². The van der Waals surface area contributed by atoms with Crippen LogP contribution in [0, 0.1) is 10.1 Å². The van der Waals surface area contributed by atoms with E-state index in [0.717, 1.165) is 6.07 Å². The van der Waals surface area contributed by atoms with Gasteiger partial charge in [-0.15, -0.1) is 0 Å². The molecular formula is C20H22N2O9. The van der Waals surface area contributed by atoms with E-state index in [1.807, 2.05) is 0 Å². The number of ether oxygens (including phenoxy) is 3. The third-order valence-electron chi connectivity index (χ3n) is 4.10. The molecule has 1 saturated heterocycles. The van der Waals surface area contributed by atoms with Crippen LogP contribution in [0.1, 0.15) is 38.4 Å². The molecule has 2 amide bonds. The number of amides is 2. The van der Waals surface area contributed by atoms with Crippen LogP contribution in [0.4, 0.5) is 10.5 Å². The van der Waals surface area contributed by atoms with Crippen molar-refractivity contribution in [2.24, 2.45) is 0 Å². The summed E-state index contributed by atoms with van der Waals surface area (Å²) in [6, 6.07) is 2.48. The van der Waals surface area contributed by atoms with Gasteiger partial charge in [0, 0.05) is 12.8 Å². The Labute approximate surface area is 177 Å². The highest BCUT2D eigenvalue weighted by Gasteiger charge is 2.34.